The standard InChI is InChI=1S/C23H23N3/c24-17-23(26-21-10-2-1-3-11-21)13-14-25-16-20(23)15-19-9-6-8-18-7-4-5-12-22(18)19/h1-12,20,25-26H,13-16H2. The second-order valence-corrected chi connectivity index (χ2v) is 7.07. The van der Waals surface area contributed by atoms with Gasteiger partial charge in [-0.25, -0.2) is 0 Å². The summed E-state index contributed by atoms with van der Waals surface area (Å²) < 4.78 is 0. The number of para-hydroxylation sites is 1. The molecule has 1 aliphatic heterocycles. The fourth-order valence-corrected chi connectivity index (χ4v) is 4.04. The van der Waals surface area contributed by atoms with Crippen molar-refractivity contribution in [2.75, 3.05) is 18.4 Å². The number of nitrogens with one attached hydrogen (secondary N) is 2. The Bertz CT molecular complexity index is 924. The first-order valence-corrected chi connectivity index (χ1v) is 9.23. The maximum absolute atomic E-state index is 10.1. The molecule has 0 amide bonds. The number of hydrogen-bond donors (Lipinski definition) is 2. The van der Waals surface area contributed by atoms with Crippen molar-refractivity contribution in [1.82, 2.24) is 5.32 Å². The van der Waals surface area contributed by atoms with Gasteiger partial charge in [-0.15, -0.1) is 0 Å². The monoisotopic (exact) mass is 341 g/mol. The molecular formula is C23H23N3. The van der Waals surface area contributed by atoms with Gasteiger partial charge in [-0.3, -0.25) is 0 Å². The third kappa shape index (κ3) is 3.16. The summed E-state index contributed by atoms with van der Waals surface area (Å²) in [6.45, 7) is 1.70. The largest absolute Gasteiger partial charge is 0.367 e. The van der Waals surface area contributed by atoms with Crippen LogP contribution in [0, 0.1) is 17.2 Å². The van der Waals surface area contributed by atoms with Crippen LogP contribution in [0.5, 0.6) is 0 Å². The van der Waals surface area contributed by atoms with E-state index in [2.05, 4.69) is 59.2 Å². The van der Waals surface area contributed by atoms with Crippen LogP contribution in [0.1, 0.15) is 12.0 Å². The molecule has 0 aliphatic carbocycles. The van der Waals surface area contributed by atoms with Crippen LogP contribution in [0.2, 0.25) is 0 Å². The highest BCUT2D eigenvalue weighted by Crippen LogP contribution is 2.33. The zero-order valence-corrected chi connectivity index (χ0v) is 14.8. The molecule has 3 aromatic rings. The highest BCUT2D eigenvalue weighted by atomic mass is 15.0. The summed E-state index contributed by atoms with van der Waals surface area (Å²) in [4.78, 5) is 0. The van der Waals surface area contributed by atoms with Gasteiger partial charge in [0.2, 0.25) is 0 Å². The van der Waals surface area contributed by atoms with Crippen LogP contribution in [0.4, 0.5) is 5.69 Å². The number of piperidine rings is 1. The van der Waals surface area contributed by atoms with E-state index in [1.807, 2.05) is 30.3 Å². The van der Waals surface area contributed by atoms with Crippen LogP contribution in [0.15, 0.2) is 72.8 Å². The molecule has 4 rings (SSSR count). The Hall–Kier alpha value is -2.83. The zero-order valence-electron chi connectivity index (χ0n) is 14.8. The lowest BCUT2D eigenvalue weighted by Gasteiger charge is -2.41. The first-order chi connectivity index (χ1) is 12.8. The Morgan fingerprint density at radius 2 is 1.77 bits per heavy atom. The van der Waals surface area contributed by atoms with Crippen molar-refractivity contribution in [2.24, 2.45) is 5.92 Å². The lowest BCUT2D eigenvalue weighted by molar-refractivity contribution is 0.282. The number of nitriles is 1. The van der Waals surface area contributed by atoms with Gasteiger partial charge in [0.25, 0.3) is 0 Å². The molecule has 2 unspecified atom stereocenters. The molecular weight excluding hydrogens is 318 g/mol. The number of hydrogen-bond acceptors (Lipinski definition) is 3. The van der Waals surface area contributed by atoms with Gasteiger partial charge in [0.05, 0.1) is 6.07 Å². The molecule has 0 bridgehead atoms. The van der Waals surface area contributed by atoms with Gasteiger partial charge < -0.3 is 10.6 Å². The van der Waals surface area contributed by atoms with Crippen molar-refractivity contribution >= 4 is 16.5 Å². The lowest BCUT2D eigenvalue weighted by Crippen LogP contribution is -2.55. The van der Waals surface area contributed by atoms with Crippen molar-refractivity contribution in [1.29, 1.82) is 5.26 Å². The highest BCUT2D eigenvalue weighted by molar-refractivity contribution is 5.85. The van der Waals surface area contributed by atoms with Gasteiger partial charge in [0, 0.05) is 18.2 Å². The predicted octanol–water partition coefficient (Wildman–Crippen LogP) is 4.37. The van der Waals surface area contributed by atoms with Gasteiger partial charge in [0.1, 0.15) is 5.54 Å². The lowest BCUT2D eigenvalue weighted by atomic mass is 9.75. The van der Waals surface area contributed by atoms with E-state index in [0.29, 0.717) is 0 Å². The Morgan fingerprint density at radius 3 is 2.62 bits per heavy atom. The molecule has 2 N–H and O–H groups in total. The van der Waals surface area contributed by atoms with Gasteiger partial charge in [-0.1, -0.05) is 60.7 Å². The maximum atomic E-state index is 10.1. The van der Waals surface area contributed by atoms with E-state index in [-0.39, 0.29) is 5.92 Å². The van der Waals surface area contributed by atoms with Crippen LogP contribution in [-0.4, -0.2) is 18.6 Å². The molecule has 0 radical (unpaired) electrons. The van der Waals surface area contributed by atoms with E-state index < -0.39 is 5.54 Å². The van der Waals surface area contributed by atoms with E-state index in [4.69, 9.17) is 0 Å². The molecule has 1 aliphatic rings. The summed E-state index contributed by atoms with van der Waals surface area (Å²) in [6, 6.07) is 27.7. The third-order valence-corrected chi connectivity index (χ3v) is 5.47. The normalized spacial score (nSPS) is 22.7. The van der Waals surface area contributed by atoms with Crippen molar-refractivity contribution in [3.05, 3.63) is 78.4 Å². The topological polar surface area (TPSA) is 47.9 Å². The quantitative estimate of drug-likeness (QED) is 0.741. The Morgan fingerprint density at radius 1 is 1.00 bits per heavy atom. The summed E-state index contributed by atoms with van der Waals surface area (Å²) in [5.41, 5.74) is 1.77. The summed E-state index contributed by atoms with van der Waals surface area (Å²) in [5, 5.41) is 19.7. The van der Waals surface area contributed by atoms with E-state index in [1.54, 1.807) is 0 Å². The van der Waals surface area contributed by atoms with E-state index in [1.165, 1.54) is 16.3 Å². The minimum atomic E-state index is -0.552. The van der Waals surface area contributed by atoms with Crippen LogP contribution >= 0.6 is 0 Å². The van der Waals surface area contributed by atoms with Crippen molar-refractivity contribution < 1.29 is 0 Å². The molecule has 3 nitrogen and oxygen atoms in total. The van der Waals surface area contributed by atoms with Crippen LogP contribution in [0.3, 0.4) is 0 Å². The molecule has 26 heavy (non-hydrogen) atoms. The molecule has 3 aromatic carbocycles. The molecule has 1 heterocycles. The number of benzene rings is 3. The van der Waals surface area contributed by atoms with E-state index in [0.717, 1.165) is 31.6 Å². The summed E-state index contributed by atoms with van der Waals surface area (Å²) in [5.74, 6) is 0.201. The van der Waals surface area contributed by atoms with Gasteiger partial charge >= 0.3 is 0 Å². The fourth-order valence-electron chi connectivity index (χ4n) is 4.04. The van der Waals surface area contributed by atoms with Crippen molar-refractivity contribution in [3.63, 3.8) is 0 Å². The Balaban J connectivity index is 1.67. The maximum Gasteiger partial charge on any atom is 0.130 e. The molecule has 0 aromatic heterocycles. The SMILES string of the molecule is N#CC1(Nc2ccccc2)CCNCC1Cc1cccc2ccccc12. The Labute approximate surface area is 154 Å². The summed E-state index contributed by atoms with van der Waals surface area (Å²) in [6.07, 6.45) is 1.68. The minimum absolute atomic E-state index is 0.201. The number of fused-ring (bicyclic) bond motifs is 1. The molecule has 130 valence electrons. The van der Waals surface area contributed by atoms with Gasteiger partial charge in [-0.2, -0.15) is 5.26 Å². The fraction of sp³-hybridized carbons (Fsp3) is 0.261. The van der Waals surface area contributed by atoms with Gasteiger partial charge in [-0.05, 0) is 47.9 Å². The van der Waals surface area contributed by atoms with Crippen LogP contribution in [0.25, 0.3) is 10.8 Å². The number of rotatable bonds is 4. The number of anilines is 1. The average Bonchev–Trinajstić information content (AvgIpc) is 2.70. The minimum Gasteiger partial charge on any atom is -0.367 e. The van der Waals surface area contributed by atoms with E-state index in [9.17, 15) is 5.26 Å². The molecule has 3 heteroatoms. The highest BCUT2D eigenvalue weighted by Gasteiger charge is 2.41. The second kappa shape index (κ2) is 7.19. The van der Waals surface area contributed by atoms with Gasteiger partial charge in [0.15, 0.2) is 0 Å². The number of nitrogens with zero attached hydrogens (tertiary/aromatic N) is 1. The molecule has 0 saturated carbocycles. The molecule has 2 atom stereocenters. The Kier molecular flexibility index (Phi) is 4.60. The van der Waals surface area contributed by atoms with Crippen LogP contribution in [-0.2, 0) is 6.42 Å². The average molecular weight is 341 g/mol. The molecule has 1 fully saturated rings. The van der Waals surface area contributed by atoms with Crippen molar-refractivity contribution in [2.45, 2.75) is 18.4 Å². The zero-order chi connectivity index (χ0) is 17.8. The first kappa shape index (κ1) is 16.6. The third-order valence-electron chi connectivity index (χ3n) is 5.47. The molecule has 0 spiro atoms. The predicted molar refractivity (Wildman–Crippen MR) is 107 cm³/mol. The molecule has 1 saturated heterocycles. The first-order valence-electron chi connectivity index (χ1n) is 9.23. The van der Waals surface area contributed by atoms with E-state index >= 15 is 0 Å². The van der Waals surface area contributed by atoms with Crippen LogP contribution < -0.4 is 10.6 Å². The second-order valence-electron chi connectivity index (χ2n) is 7.07. The summed E-state index contributed by atoms with van der Waals surface area (Å²) in [7, 11) is 0. The smallest absolute Gasteiger partial charge is 0.130 e. The van der Waals surface area contributed by atoms with Crippen molar-refractivity contribution in [3.8, 4) is 6.07 Å². The summed E-state index contributed by atoms with van der Waals surface area (Å²) >= 11 is 0.